The number of carbonyl (C=O) groups excluding carboxylic acids is 1. The standard InChI is InChI=1S/C25H31F2N3O2/c1-29-14-19(25(31)28-21-10-3-4-11-23(21)32-2)13-22(29)17-8-6-12-30(15-17)16-18-7-5-9-20(26)24(18)27/h3-5,7,9-11,17,19,22H,6,8,12-16H2,1-2H3,(H,28,31)/t17-,19-,22-/m1/s1. The predicted octanol–water partition coefficient (Wildman–Crippen LogP) is 4.14. The number of carbonyl (C=O) groups is 1. The number of hydrogen-bond acceptors (Lipinski definition) is 4. The average molecular weight is 444 g/mol. The predicted molar refractivity (Wildman–Crippen MR) is 121 cm³/mol. The van der Waals surface area contributed by atoms with Gasteiger partial charge in [0.15, 0.2) is 11.6 Å². The van der Waals surface area contributed by atoms with Crippen molar-refractivity contribution in [2.45, 2.75) is 31.8 Å². The third kappa shape index (κ3) is 4.94. The molecule has 2 aliphatic heterocycles. The van der Waals surface area contributed by atoms with Crippen LogP contribution >= 0.6 is 0 Å². The van der Waals surface area contributed by atoms with E-state index in [0.29, 0.717) is 42.0 Å². The molecular weight excluding hydrogens is 412 g/mol. The number of piperidine rings is 1. The van der Waals surface area contributed by atoms with Crippen molar-refractivity contribution >= 4 is 11.6 Å². The van der Waals surface area contributed by atoms with Crippen LogP contribution in [0.5, 0.6) is 5.75 Å². The molecule has 2 saturated heterocycles. The number of likely N-dealkylation sites (tertiary alicyclic amines) is 2. The van der Waals surface area contributed by atoms with E-state index >= 15 is 0 Å². The number of nitrogens with zero attached hydrogens (tertiary/aromatic N) is 2. The Morgan fingerprint density at radius 2 is 1.97 bits per heavy atom. The second kappa shape index (κ2) is 9.96. The number of methoxy groups -OCH3 is 1. The number of rotatable bonds is 6. The normalized spacial score (nSPS) is 24.4. The summed E-state index contributed by atoms with van der Waals surface area (Å²) in [6.45, 7) is 2.82. The van der Waals surface area contributed by atoms with E-state index in [1.165, 1.54) is 0 Å². The molecule has 172 valence electrons. The number of ether oxygens (including phenoxy) is 1. The lowest BCUT2D eigenvalue weighted by Gasteiger charge is -2.38. The van der Waals surface area contributed by atoms with E-state index in [2.05, 4.69) is 22.2 Å². The molecule has 4 rings (SSSR count). The van der Waals surface area contributed by atoms with Gasteiger partial charge in [-0.25, -0.2) is 8.78 Å². The first kappa shape index (κ1) is 22.7. The summed E-state index contributed by atoms with van der Waals surface area (Å²) in [5, 5.41) is 3.02. The Balaban J connectivity index is 1.37. The van der Waals surface area contributed by atoms with E-state index in [4.69, 9.17) is 4.74 Å². The molecule has 0 spiro atoms. The van der Waals surface area contributed by atoms with Gasteiger partial charge in [-0.1, -0.05) is 24.3 Å². The zero-order chi connectivity index (χ0) is 22.7. The Hall–Kier alpha value is -2.51. The summed E-state index contributed by atoms with van der Waals surface area (Å²) >= 11 is 0. The van der Waals surface area contributed by atoms with E-state index < -0.39 is 11.6 Å². The third-order valence-corrected chi connectivity index (χ3v) is 6.85. The van der Waals surface area contributed by atoms with Crippen molar-refractivity contribution in [3.63, 3.8) is 0 Å². The SMILES string of the molecule is COc1ccccc1NC(=O)[C@@H]1C[C@H]([C@@H]2CCCN(Cc3cccc(F)c3F)C2)N(C)C1. The van der Waals surface area contributed by atoms with Crippen LogP contribution in [0.2, 0.25) is 0 Å². The Morgan fingerprint density at radius 1 is 1.16 bits per heavy atom. The zero-order valence-corrected chi connectivity index (χ0v) is 18.7. The number of benzene rings is 2. The molecule has 1 amide bonds. The van der Waals surface area contributed by atoms with Crippen LogP contribution in [0.15, 0.2) is 42.5 Å². The topological polar surface area (TPSA) is 44.8 Å². The molecule has 3 atom stereocenters. The molecule has 32 heavy (non-hydrogen) atoms. The van der Waals surface area contributed by atoms with Crippen molar-refractivity contribution in [3.8, 4) is 5.75 Å². The average Bonchev–Trinajstić information content (AvgIpc) is 3.19. The second-order valence-electron chi connectivity index (χ2n) is 8.98. The van der Waals surface area contributed by atoms with Crippen LogP contribution in [-0.4, -0.2) is 55.5 Å². The molecular formula is C25H31F2N3O2. The first-order valence-electron chi connectivity index (χ1n) is 11.3. The maximum atomic E-state index is 14.1. The van der Waals surface area contributed by atoms with Crippen molar-refractivity contribution in [2.24, 2.45) is 11.8 Å². The van der Waals surface area contributed by atoms with Crippen LogP contribution in [0, 0.1) is 23.5 Å². The highest BCUT2D eigenvalue weighted by molar-refractivity contribution is 5.94. The largest absolute Gasteiger partial charge is 0.495 e. The van der Waals surface area contributed by atoms with Crippen molar-refractivity contribution in [3.05, 3.63) is 59.7 Å². The van der Waals surface area contributed by atoms with Gasteiger partial charge in [0.05, 0.1) is 18.7 Å². The molecule has 0 aliphatic carbocycles. The van der Waals surface area contributed by atoms with Crippen LogP contribution < -0.4 is 10.1 Å². The number of nitrogens with one attached hydrogen (secondary N) is 1. The molecule has 0 unspecified atom stereocenters. The van der Waals surface area contributed by atoms with Gasteiger partial charge < -0.3 is 15.0 Å². The van der Waals surface area contributed by atoms with Gasteiger partial charge in [-0.2, -0.15) is 0 Å². The van der Waals surface area contributed by atoms with Gasteiger partial charge in [-0.05, 0) is 57.0 Å². The summed E-state index contributed by atoms with van der Waals surface area (Å²) < 4.78 is 33.1. The van der Waals surface area contributed by atoms with Crippen LogP contribution in [-0.2, 0) is 11.3 Å². The van der Waals surface area contributed by atoms with E-state index in [1.807, 2.05) is 24.3 Å². The summed E-state index contributed by atoms with van der Waals surface area (Å²) in [7, 11) is 3.67. The van der Waals surface area contributed by atoms with Gasteiger partial charge in [0.2, 0.25) is 5.91 Å². The third-order valence-electron chi connectivity index (χ3n) is 6.85. The summed E-state index contributed by atoms with van der Waals surface area (Å²) in [6, 6.07) is 12.1. The quantitative estimate of drug-likeness (QED) is 0.729. The summed E-state index contributed by atoms with van der Waals surface area (Å²) in [5.41, 5.74) is 1.09. The molecule has 2 aromatic carbocycles. The molecule has 0 aromatic heterocycles. The number of anilines is 1. The fourth-order valence-electron chi connectivity index (χ4n) is 5.21. The van der Waals surface area contributed by atoms with Crippen molar-refractivity contribution in [1.82, 2.24) is 9.80 Å². The Kier molecular flexibility index (Phi) is 7.06. The minimum absolute atomic E-state index is 0.0124. The van der Waals surface area contributed by atoms with E-state index in [1.54, 1.807) is 19.2 Å². The summed E-state index contributed by atoms with van der Waals surface area (Å²) in [6.07, 6.45) is 2.90. The number of halogens is 2. The molecule has 0 saturated carbocycles. The maximum absolute atomic E-state index is 14.1. The van der Waals surface area contributed by atoms with Crippen molar-refractivity contribution < 1.29 is 18.3 Å². The van der Waals surface area contributed by atoms with Gasteiger partial charge in [0, 0.05) is 31.2 Å². The molecule has 1 N–H and O–H groups in total. The highest BCUT2D eigenvalue weighted by Gasteiger charge is 2.39. The second-order valence-corrected chi connectivity index (χ2v) is 8.98. The Morgan fingerprint density at radius 3 is 2.78 bits per heavy atom. The highest BCUT2D eigenvalue weighted by atomic mass is 19.2. The lowest BCUT2D eigenvalue weighted by molar-refractivity contribution is -0.119. The van der Waals surface area contributed by atoms with Gasteiger partial charge in [0.1, 0.15) is 5.75 Å². The van der Waals surface area contributed by atoms with Crippen molar-refractivity contribution in [2.75, 3.05) is 39.1 Å². The Labute approximate surface area is 188 Å². The number of amides is 1. The zero-order valence-electron chi connectivity index (χ0n) is 18.7. The molecule has 5 nitrogen and oxygen atoms in total. The maximum Gasteiger partial charge on any atom is 0.228 e. The molecule has 2 heterocycles. The van der Waals surface area contributed by atoms with Crippen LogP contribution in [0.4, 0.5) is 14.5 Å². The molecule has 2 aromatic rings. The first-order chi connectivity index (χ1) is 15.5. The minimum Gasteiger partial charge on any atom is -0.495 e. The fourth-order valence-corrected chi connectivity index (χ4v) is 5.21. The van der Waals surface area contributed by atoms with Gasteiger partial charge in [-0.3, -0.25) is 9.69 Å². The van der Waals surface area contributed by atoms with Gasteiger partial charge >= 0.3 is 0 Å². The number of hydrogen-bond donors (Lipinski definition) is 1. The van der Waals surface area contributed by atoms with Gasteiger partial charge in [-0.15, -0.1) is 0 Å². The van der Waals surface area contributed by atoms with E-state index in [-0.39, 0.29) is 11.8 Å². The van der Waals surface area contributed by atoms with Crippen LogP contribution in [0.25, 0.3) is 0 Å². The molecule has 0 radical (unpaired) electrons. The smallest absolute Gasteiger partial charge is 0.228 e. The summed E-state index contributed by atoms with van der Waals surface area (Å²) in [4.78, 5) is 17.4. The lowest BCUT2D eigenvalue weighted by Crippen LogP contribution is -2.43. The van der Waals surface area contributed by atoms with Crippen molar-refractivity contribution in [1.29, 1.82) is 0 Å². The monoisotopic (exact) mass is 443 g/mol. The first-order valence-corrected chi connectivity index (χ1v) is 11.3. The van der Waals surface area contributed by atoms with E-state index in [9.17, 15) is 13.6 Å². The molecule has 2 fully saturated rings. The van der Waals surface area contributed by atoms with Gasteiger partial charge in [0.25, 0.3) is 0 Å². The lowest BCUT2D eigenvalue weighted by atomic mass is 9.87. The highest BCUT2D eigenvalue weighted by Crippen LogP contribution is 2.34. The summed E-state index contributed by atoms with van der Waals surface area (Å²) in [5.74, 6) is -0.578. The minimum atomic E-state index is -0.796. The number of para-hydroxylation sites is 2. The molecule has 2 aliphatic rings. The molecule has 7 heteroatoms. The Bertz CT molecular complexity index is 955. The van der Waals surface area contributed by atoms with Crippen LogP contribution in [0.3, 0.4) is 0 Å². The van der Waals surface area contributed by atoms with Crippen LogP contribution in [0.1, 0.15) is 24.8 Å². The fraction of sp³-hybridized carbons (Fsp3) is 0.480. The molecule has 0 bridgehead atoms. The van der Waals surface area contributed by atoms with E-state index in [0.717, 1.165) is 38.4 Å².